The molecule has 0 saturated heterocycles. The first-order valence-electron chi connectivity index (χ1n) is 9.24. The summed E-state index contributed by atoms with van der Waals surface area (Å²) in [5.74, 6) is -1.55. The molecular weight excluding hydrogens is 446 g/mol. The van der Waals surface area contributed by atoms with Crippen LogP contribution in [-0.2, 0) is 11.3 Å². The Morgan fingerprint density at radius 2 is 1.90 bits per heavy atom. The van der Waals surface area contributed by atoms with Crippen molar-refractivity contribution in [2.24, 2.45) is 0 Å². The number of rotatable bonds is 5. The molecule has 0 aliphatic carbocycles. The molecule has 0 spiro atoms. The molecule has 2 heterocycles. The van der Waals surface area contributed by atoms with Gasteiger partial charge in [0, 0.05) is 16.6 Å². The predicted molar refractivity (Wildman–Crippen MR) is 115 cm³/mol. The number of fused-ring (bicyclic) bond motifs is 1. The van der Waals surface area contributed by atoms with Gasteiger partial charge in [0.15, 0.2) is 0 Å². The minimum absolute atomic E-state index is 0.0116. The lowest BCUT2D eigenvalue weighted by molar-refractivity contribution is 0.0524. The predicted octanol–water partition coefficient (Wildman–Crippen LogP) is 4.25. The lowest BCUT2D eigenvalue weighted by Gasteiger charge is -2.12. The van der Waals surface area contributed by atoms with Gasteiger partial charge in [-0.2, -0.15) is 0 Å². The van der Waals surface area contributed by atoms with Gasteiger partial charge in [-0.05, 0) is 43.3 Å². The number of ether oxygens (including phenoxy) is 1. The lowest BCUT2D eigenvalue weighted by atomic mass is 10.1. The lowest BCUT2D eigenvalue weighted by Crippen LogP contribution is -2.21. The van der Waals surface area contributed by atoms with Gasteiger partial charge in [-0.15, -0.1) is 5.10 Å². The number of esters is 1. The van der Waals surface area contributed by atoms with Crippen LogP contribution in [0.25, 0.3) is 16.6 Å². The standard InChI is InChI=1S/C21H15Cl2FN4O3/c1-2-31-21(30)16-11-27(19-8-17(23)18(24)7-15(19)20(16)29)9-13-10-28(26-25-13)14-5-3-12(22)4-6-14/h3-8,10-11H,2,9H2,1H3. The minimum atomic E-state index is -0.789. The number of benzene rings is 2. The maximum absolute atomic E-state index is 14.1. The summed E-state index contributed by atoms with van der Waals surface area (Å²) < 4.78 is 22.2. The molecule has 0 N–H and O–H groups in total. The van der Waals surface area contributed by atoms with Crippen molar-refractivity contribution in [1.29, 1.82) is 0 Å². The molecule has 0 unspecified atom stereocenters. The molecule has 31 heavy (non-hydrogen) atoms. The van der Waals surface area contributed by atoms with E-state index >= 15 is 0 Å². The van der Waals surface area contributed by atoms with Crippen LogP contribution >= 0.6 is 23.2 Å². The van der Waals surface area contributed by atoms with Crippen LogP contribution < -0.4 is 5.43 Å². The summed E-state index contributed by atoms with van der Waals surface area (Å²) in [4.78, 5) is 25.0. The van der Waals surface area contributed by atoms with Gasteiger partial charge in [-0.1, -0.05) is 28.4 Å². The summed E-state index contributed by atoms with van der Waals surface area (Å²) in [7, 11) is 0. The van der Waals surface area contributed by atoms with E-state index in [9.17, 15) is 14.0 Å². The van der Waals surface area contributed by atoms with E-state index in [0.717, 1.165) is 11.8 Å². The Morgan fingerprint density at radius 3 is 2.61 bits per heavy atom. The third-order valence-corrected chi connectivity index (χ3v) is 5.12. The van der Waals surface area contributed by atoms with Gasteiger partial charge in [0.2, 0.25) is 5.43 Å². The van der Waals surface area contributed by atoms with E-state index in [1.807, 2.05) is 0 Å². The van der Waals surface area contributed by atoms with Crippen molar-refractivity contribution in [2.75, 3.05) is 6.61 Å². The van der Waals surface area contributed by atoms with Gasteiger partial charge in [-0.25, -0.2) is 13.9 Å². The Morgan fingerprint density at radius 1 is 1.16 bits per heavy atom. The maximum atomic E-state index is 14.1. The molecule has 0 bridgehead atoms. The Kier molecular flexibility index (Phi) is 5.75. The van der Waals surface area contributed by atoms with Crippen LogP contribution in [0.3, 0.4) is 0 Å². The Hall–Kier alpha value is -3.23. The fourth-order valence-corrected chi connectivity index (χ4v) is 3.42. The second-order valence-corrected chi connectivity index (χ2v) is 7.48. The fraction of sp³-hybridized carbons (Fsp3) is 0.143. The highest BCUT2D eigenvalue weighted by molar-refractivity contribution is 6.31. The number of carbonyl (C=O) groups excluding carboxylic acids is 1. The Labute approximate surface area is 185 Å². The molecule has 4 rings (SSSR count). The zero-order valence-corrected chi connectivity index (χ0v) is 17.7. The van der Waals surface area contributed by atoms with Gasteiger partial charge in [0.05, 0.1) is 35.6 Å². The highest BCUT2D eigenvalue weighted by Gasteiger charge is 2.19. The van der Waals surface area contributed by atoms with Crippen LogP contribution in [0.5, 0.6) is 0 Å². The molecule has 0 saturated carbocycles. The number of aromatic nitrogens is 4. The van der Waals surface area contributed by atoms with Gasteiger partial charge in [-0.3, -0.25) is 4.79 Å². The molecule has 158 valence electrons. The van der Waals surface area contributed by atoms with Crippen molar-refractivity contribution < 1.29 is 13.9 Å². The quantitative estimate of drug-likeness (QED) is 0.415. The second-order valence-electron chi connectivity index (χ2n) is 6.63. The van der Waals surface area contributed by atoms with Gasteiger partial charge in [0.25, 0.3) is 0 Å². The summed E-state index contributed by atoms with van der Waals surface area (Å²) in [5.41, 5.74) is 0.803. The third kappa shape index (κ3) is 4.17. The van der Waals surface area contributed by atoms with Crippen molar-refractivity contribution in [3.05, 3.63) is 86.1 Å². The van der Waals surface area contributed by atoms with Crippen molar-refractivity contribution in [3.8, 4) is 5.69 Å². The average molecular weight is 461 g/mol. The normalized spacial score (nSPS) is 11.1. The van der Waals surface area contributed by atoms with Crippen LogP contribution in [0, 0.1) is 5.82 Å². The molecule has 2 aromatic heterocycles. The average Bonchev–Trinajstić information content (AvgIpc) is 3.20. The SMILES string of the molecule is CCOC(=O)c1cn(Cc2cn(-c3ccc(Cl)cc3)nn2)c2cc(Cl)c(F)cc2c1=O. The Bertz CT molecular complexity index is 1350. The molecule has 2 aromatic carbocycles. The fourth-order valence-electron chi connectivity index (χ4n) is 3.14. The number of hydrogen-bond acceptors (Lipinski definition) is 5. The van der Waals surface area contributed by atoms with E-state index in [1.165, 1.54) is 12.3 Å². The number of hydrogen-bond donors (Lipinski definition) is 0. The van der Waals surface area contributed by atoms with Crippen molar-refractivity contribution in [3.63, 3.8) is 0 Å². The van der Waals surface area contributed by atoms with Crippen molar-refractivity contribution >= 4 is 40.1 Å². The molecule has 0 amide bonds. The topological polar surface area (TPSA) is 79.0 Å². The molecule has 0 fully saturated rings. The van der Waals surface area contributed by atoms with Gasteiger partial charge in [0.1, 0.15) is 17.1 Å². The number of pyridine rings is 1. The summed E-state index contributed by atoms with van der Waals surface area (Å²) >= 11 is 11.9. The zero-order valence-electron chi connectivity index (χ0n) is 16.2. The second kappa shape index (κ2) is 8.49. The van der Waals surface area contributed by atoms with Crippen LogP contribution in [0.4, 0.5) is 4.39 Å². The first-order chi connectivity index (χ1) is 14.9. The van der Waals surface area contributed by atoms with Gasteiger partial charge < -0.3 is 9.30 Å². The summed E-state index contributed by atoms with van der Waals surface area (Å²) in [6, 6.07) is 9.40. The molecule has 4 aromatic rings. The third-order valence-electron chi connectivity index (χ3n) is 4.58. The number of carbonyl (C=O) groups is 1. The molecule has 0 radical (unpaired) electrons. The van der Waals surface area contributed by atoms with E-state index in [-0.39, 0.29) is 29.1 Å². The van der Waals surface area contributed by atoms with Crippen molar-refractivity contribution in [1.82, 2.24) is 19.6 Å². The maximum Gasteiger partial charge on any atom is 0.343 e. The highest BCUT2D eigenvalue weighted by atomic mass is 35.5. The first-order valence-corrected chi connectivity index (χ1v) is 9.99. The van der Waals surface area contributed by atoms with E-state index in [4.69, 9.17) is 27.9 Å². The molecule has 0 aliphatic rings. The minimum Gasteiger partial charge on any atom is -0.462 e. The Balaban J connectivity index is 1.80. The van der Waals surface area contributed by atoms with E-state index in [1.54, 1.807) is 46.6 Å². The largest absolute Gasteiger partial charge is 0.462 e. The molecule has 0 atom stereocenters. The smallest absolute Gasteiger partial charge is 0.343 e. The van der Waals surface area contributed by atoms with Crippen LogP contribution in [0.1, 0.15) is 23.0 Å². The van der Waals surface area contributed by atoms with Crippen LogP contribution in [0.2, 0.25) is 10.0 Å². The summed E-state index contributed by atoms with van der Waals surface area (Å²) in [6.45, 7) is 1.88. The van der Waals surface area contributed by atoms with Crippen LogP contribution in [-0.4, -0.2) is 32.1 Å². The molecule has 7 nitrogen and oxygen atoms in total. The van der Waals surface area contributed by atoms with E-state index < -0.39 is 17.2 Å². The molecule has 10 heteroatoms. The highest BCUT2D eigenvalue weighted by Crippen LogP contribution is 2.23. The number of nitrogens with zero attached hydrogens (tertiary/aromatic N) is 4. The van der Waals surface area contributed by atoms with E-state index in [2.05, 4.69) is 10.3 Å². The summed E-state index contributed by atoms with van der Waals surface area (Å²) in [6.07, 6.45) is 3.06. The summed E-state index contributed by atoms with van der Waals surface area (Å²) in [5, 5.41) is 8.71. The van der Waals surface area contributed by atoms with E-state index in [0.29, 0.717) is 16.2 Å². The van der Waals surface area contributed by atoms with Gasteiger partial charge >= 0.3 is 5.97 Å². The van der Waals surface area contributed by atoms with Crippen LogP contribution in [0.15, 0.2) is 53.6 Å². The first kappa shape index (κ1) is 21.0. The molecule has 0 aliphatic heterocycles. The molecular formula is C21H15Cl2FN4O3. The zero-order chi connectivity index (χ0) is 22.1. The van der Waals surface area contributed by atoms with Crippen molar-refractivity contribution in [2.45, 2.75) is 13.5 Å². The monoisotopic (exact) mass is 460 g/mol. The number of halogens is 3.